The lowest BCUT2D eigenvalue weighted by Gasteiger charge is -2.50. The predicted molar refractivity (Wildman–Crippen MR) is 91.8 cm³/mol. The van der Waals surface area contributed by atoms with Gasteiger partial charge in [-0.15, -0.1) is 0 Å². The van der Waals surface area contributed by atoms with E-state index in [0.717, 1.165) is 17.9 Å². The zero-order chi connectivity index (χ0) is 17.3. The van der Waals surface area contributed by atoms with Crippen LogP contribution in [0.15, 0.2) is 48.7 Å². The van der Waals surface area contributed by atoms with Gasteiger partial charge in [0.05, 0.1) is 17.2 Å². The van der Waals surface area contributed by atoms with Gasteiger partial charge in [-0.3, -0.25) is 4.79 Å². The molecule has 2 fully saturated rings. The molecule has 25 heavy (non-hydrogen) atoms. The molecule has 6 nitrogen and oxygen atoms in total. The van der Waals surface area contributed by atoms with Crippen molar-refractivity contribution in [3.05, 3.63) is 59.8 Å². The van der Waals surface area contributed by atoms with Gasteiger partial charge in [0, 0.05) is 19.3 Å². The highest BCUT2D eigenvalue weighted by atomic mass is 16.5. The number of ether oxygens (including phenoxy) is 1. The molecule has 2 aromatic rings. The molecule has 4 rings (SSSR count). The van der Waals surface area contributed by atoms with E-state index in [2.05, 4.69) is 21.3 Å². The molecular weight excluding hydrogens is 316 g/mol. The Morgan fingerprint density at radius 2 is 2.16 bits per heavy atom. The largest absolute Gasteiger partial charge is 0.364 e. The summed E-state index contributed by atoms with van der Waals surface area (Å²) in [6.45, 7) is 1.40. The van der Waals surface area contributed by atoms with Crippen LogP contribution in [0.2, 0.25) is 0 Å². The summed E-state index contributed by atoms with van der Waals surface area (Å²) in [6, 6.07) is 15.6. The Labute approximate surface area is 146 Å². The van der Waals surface area contributed by atoms with E-state index < -0.39 is 5.54 Å². The summed E-state index contributed by atoms with van der Waals surface area (Å²) in [5.41, 5.74) is 1.13. The molecule has 2 atom stereocenters. The Morgan fingerprint density at radius 3 is 2.96 bits per heavy atom. The van der Waals surface area contributed by atoms with Crippen LogP contribution >= 0.6 is 0 Å². The first-order chi connectivity index (χ1) is 12.2. The van der Waals surface area contributed by atoms with Crippen LogP contribution in [0.1, 0.15) is 17.5 Å². The van der Waals surface area contributed by atoms with Crippen LogP contribution in [0.4, 0.5) is 5.82 Å². The number of piperidine rings is 1. The molecule has 1 N–H and O–H groups in total. The third kappa shape index (κ3) is 2.73. The summed E-state index contributed by atoms with van der Waals surface area (Å²) >= 11 is 0. The molecule has 2 saturated heterocycles. The van der Waals surface area contributed by atoms with Crippen molar-refractivity contribution >= 4 is 11.7 Å². The molecule has 1 amide bonds. The minimum Gasteiger partial charge on any atom is -0.364 e. The fourth-order valence-corrected chi connectivity index (χ4v) is 3.73. The smallest absolute Gasteiger partial charge is 0.246 e. The summed E-state index contributed by atoms with van der Waals surface area (Å²) in [7, 11) is 0. The van der Waals surface area contributed by atoms with Crippen LogP contribution in [-0.4, -0.2) is 36.7 Å². The first-order valence-corrected chi connectivity index (χ1v) is 8.30. The van der Waals surface area contributed by atoms with E-state index in [9.17, 15) is 4.79 Å². The Balaban J connectivity index is 1.65. The van der Waals surface area contributed by atoms with Gasteiger partial charge in [-0.25, -0.2) is 4.98 Å². The number of pyridine rings is 1. The van der Waals surface area contributed by atoms with Crippen molar-refractivity contribution < 1.29 is 9.53 Å². The average molecular weight is 334 g/mol. The second kappa shape index (κ2) is 6.19. The number of carbonyl (C=O) groups is 1. The van der Waals surface area contributed by atoms with Crippen molar-refractivity contribution in [2.75, 3.05) is 24.6 Å². The standard InChI is InChI=1S/C19H18N4O2/c20-11-14-6-8-21-17(10-14)23-9-7-19(15-4-2-1-3-5-15)16(12-23)25-13-18(24)22-19/h1-6,8,10,16H,7,9,12-13H2,(H,22,24)/t16-,19+/m1/s1. The number of nitriles is 1. The summed E-state index contributed by atoms with van der Waals surface area (Å²) in [6.07, 6.45) is 2.19. The second-order valence-corrected chi connectivity index (χ2v) is 6.40. The number of hydrogen-bond acceptors (Lipinski definition) is 5. The Morgan fingerprint density at radius 1 is 1.32 bits per heavy atom. The summed E-state index contributed by atoms with van der Waals surface area (Å²) in [4.78, 5) is 18.5. The summed E-state index contributed by atoms with van der Waals surface area (Å²) in [5.74, 6) is 0.680. The van der Waals surface area contributed by atoms with E-state index in [0.29, 0.717) is 18.5 Å². The maximum Gasteiger partial charge on any atom is 0.246 e. The van der Waals surface area contributed by atoms with Gasteiger partial charge in [0.1, 0.15) is 18.5 Å². The first kappa shape index (κ1) is 15.6. The lowest BCUT2D eigenvalue weighted by atomic mass is 9.77. The van der Waals surface area contributed by atoms with Crippen LogP contribution in [0.3, 0.4) is 0 Å². The average Bonchev–Trinajstić information content (AvgIpc) is 2.68. The number of aromatic nitrogens is 1. The topological polar surface area (TPSA) is 78.3 Å². The van der Waals surface area contributed by atoms with E-state index in [4.69, 9.17) is 10.00 Å². The molecule has 1 aromatic heterocycles. The van der Waals surface area contributed by atoms with Gasteiger partial charge in [0.15, 0.2) is 0 Å². The molecule has 6 heteroatoms. The highest BCUT2D eigenvalue weighted by molar-refractivity contribution is 5.79. The van der Waals surface area contributed by atoms with Gasteiger partial charge < -0.3 is 15.0 Å². The van der Waals surface area contributed by atoms with Gasteiger partial charge in [0.25, 0.3) is 0 Å². The maximum absolute atomic E-state index is 12.0. The molecule has 1 aromatic carbocycles. The quantitative estimate of drug-likeness (QED) is 0.902. The monoisotopic (exact) mass is 334 g/mol. The van der Waals surface area contributed by atoms with Gasteiger partial charge in [0.2, 0.25) is 5.91 Å². The second-order valence-electron chi connectivity index (χ2n) is 6.40. The van der Waals surface area contributed by atoms with Crippen molar-refractivity contribution in [2.24, 2.45) is 0 Å². The molecule has 0 spiro atoms. The van der Waals surface area contributed by atoms with Gasteiger partial charge >= 0.3 is 0 Å². The highest BCUT2D eigenvalue weighted by Gasteiger charge is 2.49. The lowest BCUT2D eigenvalue weighted by molar-refractivity contribution is -0.146. The first-order valence-electron chi connectivity index (χ1n) is 8.30. The Kier molecular flexibility index (Phi) is 3.86. The van der Waals surface area contributed by atoms with E-state index in [-0.39, 0.29) is 18.6 Å². The fourth-order valence-electron chi connectivity index (χ4n) is 3.73. The van der Waals surface area contributed by atoms with E-state index in [1.807, 2.05) is 30.3 Å². The molecule has 0 unspecified atom stereocenters. The van der Waals surface area contributed by atoms with Crippen LogP contribution in [0, 0.1) is 11.3 Å². The molecule has 2 aliphatic heterocycles. The number of hydrogen-bond donors (Lipinski definition) is 1. The fraction of sp³-hybridized carbons (Fsp3) is 0.316. The number of nitrogens with zero attached hydrogens (tertiary/aromatic N) is 3. The highest BCUT2D eigenvalue weighted by Crippen LogP contribution is 2.38. The predicted octanol–water partition coefficient (Wildman–Crippen LogP) is 1.57. The minimum atomic E-state index is -0.514. The number of amides is 1. The molecule has 3 heterocycles. The molecule has 0 aliphatic carbocycles. The molecule has 0 saturated carbocycles. The van der Waals surface area contributed by atoms with Crippen molar-refractivity contribution in [2.45, 2.75) is 18.1 Å². The lowest BCUT2D eigenvalue weighted by Crippen LogP contribution is -2.66. The summed E-state index contributed by atoms with van der Waals surface area (Å²) in [5, 5.41) is 12.3. The number of rotatable bonds is 2. The third-order valence-corrected chi connectivity index (χ3v) is 4.98. The third-order valence-electron chi connectivity index (χ3n) is 4.98. The van der Waals surface area contributed by atoms with Crippen LogP contribution in [0.5, 0.6) is 0 Å². The van der Waals surface area contributed by atoms with Crippen molar-refractivity contribution in [3.8, 4) is 6.07 Å². The number of nitrogens with one attached hydrogen (secondary N) is 1. The number of benzene rings is 1. The molecule has 0 radical (unpaired) electrons. The number of carbonyl (C=O) groups excluding carboxylic acids is 1. The number of morpholine rings is 1. The van der Waals surface area contributed by atoms with Gasteiger partial charge in [-0.1, -0.05) is 30.3 Å². The summed E-state index contributed by atoms with van der Waals surface area (Å²) < 4.78 is 5.91. The van der Waals surface area contributed by atoms with Crippen molar-refractivity contribution in [1.29, 1.82) is 5.26 Å². The normalized spacial score (nSPS) is 25.6. The molecule has 2 aliphatic rings. The van der Waals surface area contributed by atoms with Gasteiger partial charge in [-0.05, 0) is 24.1 Å². The van der Waals surface area contributed by atoms with Crippen molar-refractivity contribution in [1.82, 2.24) is 10.3 Å². The van der Waals surface area contributed by atoms with Crippen LogP contribution < -0.4 is 10.2 Å². The molecular formula is C19H18N4O2. The molecule has 0 bridgehead atoms. The van der Waals surface area contributed by atoms with E-state index >= 15 is 0 Å². The van der Waals surface area contributed by atoms with Gasteiger partial charge in [-0.2, -0.15) is 5.26 Å². The van der Waals surface area contributed by atoms with Crippen molar-refractivity contribution in [3.63, 3.8) is 0 Å². The number of fused-ring (bicyclic) bond motifs is 1. The Hall–Kier alpha value is -2.91. The number of anilines is 1. The zero-order valence-electron chi connectivity index (χ0n) is 13.7. The zero-order valence-corrected chi connectivity index (χ0v) is 13.7. The SMILES string of the molecule is N#Cc1ccnc(N2CC[C@@]3(c4ccccc4)NC(=O)CO[C@@H]3C2)c1. The van der Waals surface area contributed by atoms with E-state index in [1.165, 1.54) is 0 Å². The van der Waals surface area contributed by atoms with Crippen LogP contribution in [0.25, 0.3) is 0 Å². The molecule has 126 valence electrons. The van der Waals surface area contributed by atoms with E-state index in [1.54, 1.807) is 18.3 Å². The minimum absolute atomic E-state index is 0.0682. The Bertz CT molecular complexity index is 833. The van der Waals surface area contributed by atoms with Crippen LogP contribution in [-0.2, 0) is 15.1 Å². The maximum atomic E-state index is 12.0.